The minimum atomic E-state index is -1.04. The van der Waals surface area contributed by atoms with Gasteiger partial charge in [0.05, 0.1) is 23.7 Å². The van der Waals surface area contributed by atoms with Crippen LogP contribution in [0.2, 0.25) is 0 Å². The van der Waals surface area contributed by atoms with Crippen LogP contribution in [0.1, 0.15) is 80.7 Å². The van der Waals surface area contributed by atoms with E-state index in [9.17, 15) is 14.7 Å². The summed E-state index contributed by atoms with van der Waals surface area (Å²) in [5.74, 6) is -0.958. The van der Waals surface area contributed by atoms with Crippen LogP contribution in [0.5, 0.6) is 0 Å². The number of rotatable bonds is 7. The van der Waals surface area contributed by atoms with Crippen LogP contribution in [-0.4, -0.2) is 62.2 Å². The third kappa shape index (κ3) is 5.16. The Morgan fingerprint density at radius 1 is 1.15 bits per heavy atom. The molecule has 1 aliphatic carbocycles. The van der Waals surface area contributed by atoms with Crippen molar-refractivity contribution >= 4 is 22.8 Å². The molecule has 2 aliphatic rings. The van der Waals surface area contributed by atoms with E-state index in [1.165, 1.54) is 6.42 Å². The summed E-state index contributed by atoms with van der Waals surface area (Å²) >= 11 is 0. The van der Waals surface area contributed by atoms with Crippen molar-refractivity contribution in [1.82, 2.24) is 19.6 Å². The number of aromatic nitrogens is 2. The number of aryl methyl sites for hydroxylation is 3. The van der Waals surface area contributed by atoms with E-state index in [1.54, 1.807) is 0 Å². The highest BCUT2D eigenvalue weighted by molar-refractivity contribution is 5.85. The fourth-order valence-corrected chi connectivity index (χ4v) is 6.77. The van der Waals surface area contributed by atoms with E-state index in [-0.39, 0.29) is 17.2 Å². The van der Waals surface area contributed by atoms with Gasteiger partial charge in [-0.25, -0.2) is 0 Å². The summed E-state index contributed by atoms with van der Waals surface area (Å²) < 4.78 is 1.85. The summed E-state index contributed by atoms with van der Waals surface area (Å²) in [6.07, 6.45) is 5.32. The van der Waals surface area contributed by atoms with E-state index in [1.807, 2.05) is 37.8 Å². The first-order valence-corrected chi connectivity index (χ1v) is 14.5. The summed E-state index contributed by atoms with van der Waals surface area (Å²) in [6.45, 7) is 15.1. The molecular weight excluding hydrogens is 500 g/mol. The van der Waals surface area contributed by atoms with Gasteiger partial charge in [0.25, 0.3) is 0 Å². The van der Waals surface area contributed by atoms with Crippen LogP contribution in [-0.2, 0) is 23.2 Å². The standard InChI is InChI=1S/C33H44N4O3/c1-21-11-12-23(15-24(21)17-36-18-29(38)37(25-9-8-10-25)20-32(3,4)19-36)30(33(5,6)31(39)40)26-13-14-28-27(22(26)2)16-34-35(28)7/h11-16,25,30H,8-10,17-20H2,1-7H3,(H,39,40). The SMILES string of the molecule is Cc1ccc(C(c2ccc3c(cnn3C)c2C)C(C)(C)C(=O)O)cc1CN1CC(=O)N(C2CCC2)CC(C)(C)C1. The van der Waals surface area contributed by atoms with Crippen LogP contribution in [0, 0.1) is 24.7 Å². The predicted octanol–water partition coefficient (Wildman–Crippen LogP) is 5.66. The van der Waals surface area contributed by atoms with Gasteiger partial charge in [-0.1, -0.05) is 38.1 Å². The van der Waals surface area contributed by atoms with Gasteiger partial charge in [-0.15, -0.1) is 0 Å². The number of hydrogen-bond donors (Lipinski definition) is 1. The van der Waals surface area contributed by atoms with Crippen molar-refractivity contribution in [3.63, 3.8) is 0 Å². The van der Waals surface area contributed by atoms with E-state index in [4.69, 9.17) is 0 Å². The third-order valence-electron chi connectivity index (χ3n) is 9.37. The van der Waals surface area contributed by atoms with E-state index in [0.717, 1.165) is 64.7 Å². The minimum absolute atomic E-state index is 0.00264. The summed E-state index contributed by atoms with van der Waals surface area (Å²) in [7, 11) is 1.92. The summed E-state index contributed by atoms with van der Waals surface area (Å²) in [4.78, 5) is 30.4. The molecule has 1 amide bonds. The average molecular weight is 545 g/mol. The molecule has 1 aliphatic heterocycles. The van der Waals surface area contributed by atoms with E-state index >= 15 is 0 Å². The van der Waals surface area contributed by atoms with Gasteiger partial charge >= 0.3 is 5.97 Å². The van der Waals surface area contributed by atoms with Gasteiger partial charge in [-0.2, -0.15) is 5.10 Å². The largest absolute Gasteiger partial charge is 0.481 e. The fraction of sp³-hybridized carbons (Fsp3) is 0.545. The molecule has 1 N–H and O–H groups in total. The predicted molar refractivity (Wildman–Crippen MR) is 158 cm³/mol. The van der Waals surface area contributed by atoms with Crippen LogP contribution >= 0.6 is 0 Å². The van der Waals surface area contributed by atoms with Gasteiger partial charge in [0, 0.05) is 44.0 Å². The number of fused-ring (bicyclic) bond motifs is 1. The number of carbonyl (C=O) groups is 2. The molecule has 1 unspecified atom stereocenters. The van der Waals surface area contributed by atoms with Gasteiger partial charge in [0.2, 0.25) is 5.91 Å². The smallest absolute Gasteiger partial charge is 0.310 e. The summed E-state index contributed by atoms with van der Waals surface area (Å²) in [5.41, 5.74) is 5.32. The molecule has 1 saturated carbocycles. The van der Waals surface area contributed by atoms with Crippen molar-refractivity contribution in [1.29, 1.82) is 0 Å². The Morgan fingerprint density at radius 3 is 2.52 bits per heavy atom. The molecule has 2 fully saturated rings. The number of carbonyl (C=O) groups excluding carboxylic acids is 1. The molecule has 2 aromatic carbocycles. The maximum atomic E-state index is 13.3. The van der Waals surface area contributed by atoms with Gasteiger partial charge in [-0.05, 0) is 86.3 Å². The molecular formula is C33H44N4O3. The summed E-state index contributed by atoms with van der Waals surface area (Å²) in [6, 6.07) is 10.9. The van der Waals surface area contributed by atoms with Crippen molar-refractivity contribution < 1.29 is 14.7 Å². The average Bonchev–Trinajstić information content (AvgIpc) is 3.16. The molecule has 7 nitrogen and oxygen atoms in total. The molecule has 40 heavy (non-hydrogen) atoms. The number of aliphatic carboxylic acids is 1. The normalized spacial score (nSPS) is 19.5. The molecule has 3 aromatic rings. The summed E-state index contributed by atoms with van der Waals surface area (Å²) in [5, 5.41) is 15.8. The van der Waals surface area contributed by atoms with Gasteiger partial charge < -0.3 is 10.0 Å². The quantitative estimate of drug-likeness (QED) is 0.416. The van der Waals surface area contributed by atoms with Crippen molar-refractivity contribution in [2.24, 2.45) is 17.9 Å². The molecule has 5 rings (SSSR count). The second-order valence-corrected chi connectivity index (χ2v) is 13.5. The van der Waals surface area contributed by atoms with Crippen LogP contribution in [0.4, 0.5) is 0 Å². The van der Waals surface area contributed by atoms with Crippen molar-refractivity contribution in [3.8, 4) is 0 Å². The van der Waals surface area contributed by atoms with Crippen molar-refractivity contribution in [3.05, 3.63) is 64.3 Å². The molecule has 1 saturated heterocycles. The van der Waals surface area contributed by atoms with Crippen LogP contribution < -0.4 is 0 Å². The first-order chi connectivity index (χ1) is 18.8. The lowest BCUT2D eigenvalue weighted by Crippen LogP contribution is -2.48. The molecule has 1 aromatic heterocycles. The first kappa shape index (κ1) is 28.3. The molecule has 0 radical (unpaired) electrons. The Balaban J connectivity index is 1.52. The number of nitrogens with zero attached hydrogens (tertiary/aromatic N) is 4. The monoisotopic (exact) mass is 544 g/mol. The second-order valence-electron chi connectivity index (χ2n) is 13.5. The highest BCUT2D eigenvalue weighted by atomic mass is 16.4. The van der Waals surface area contributed by atoms with Crippen LogP contribution in [0.15, 0.2) is 36.5 Å². The van der Waals surface area contributed by atoms with Crippen LogP contribution in [0.25, 0.3) is 10.9 Å². The lowest BCUT2D eigenvalue weighted by Gasteiger charge is -2.40. The Morgan fingerprint density at radius 2 is 1.88 bits per heavy atom. The zero-order chi connectivity index (χ0) is 29.0. The molecule has 0 spiro atoms. The van der Waals surface area contributed by atoms with Gasteiger partial charge in [0.15, 0.2) is 0 Å². The molecule has 214 valence electrons. The van der Waals surface area contributed by atoms with E-state index in [2.05, 4.69) is 66.9 Å². The number of hydrogen-bond acceptors (Lipinski definition) is 4. The highest BCUT2D eigenvalue weighted by Gasteiger charge is 2.41. The number of amides is 1. The fourth-order valence-electron chi connectivity index (χ4n) is 6.77. The zero-order valence-corrected chi connectivity index (χ0v) is 25.1. The molecule has 1 atom stereocenters. The number of carboxylic acids is 1. The topological polar surface area (TPSA) is 78.7 Å². The second kappa shape index (κ2) is 10.3. The Bertz CT molecular complexity index is 1450. The first-order valence-electron chi connectivity index (χ1n) is 14.5. The molecule has 0 bridgehead atoms. The van der Waals surface area contributed by atoms with Crippen molar-refractivity contribution in [2.45, 2.75) is 79.3 Å². The highest BCUT2D eigenvalue weighted by Crippen LogP contribution is 2.44. The molecule has 2 heterocycles. The lowest BCUT2D eigenvalue weighted by molar-refractivity contribution is -0.147. The Hall–Kier alpha value is -3.19. The maximum absolute atomic E-state index is 13.3. The third-order valence-corrected chi connectivity index (χ3v) is 9.37. The van der Waals surface area contributed by atoms with E-state index < -0.39 is 11.4 Å². The Labute approximate surface area is 238 Å². The van der Waals surface area contributed by atoms with Crippen LogP contribution in [0.3, 0.4) is 0 Å². The van der Waals surface area contributed by atoms with Crippen molar-refractivity contribution in [2.75, 3.05) is 19.6 Å². The lowest BCUT2D eigenvalue weighted by atomic mass is 9.69. The van der Waals surface area contributed by atoms with Gasteiger partial charge in [-0.3, -0.25) is 19.2 Å². The minimum Gasteiger partial charge on any atom is -0.481 e. The Kier molecular flexibility index (Phi) is 7.32. The number of carboxylic acid groups (broad SMARTS) is 1. The van der Waals surface area contributed by atoms with E-state index in [0.29, 0.717) is 19.1 Å². The maximum Gasteiger partial charge on any atom is 0.310 e. The number of benzene rings is 2. The molecule has 7 heteroatoms. The zero-order valence-electron chi connectivity index (χ0n) is 25.1. The van der Waals surface area contributed by atoms with Gasteiger partial charge in [0.1, 0.15) is 0 Å².